The molecule has 0 saturated carbocycles. The van der Waals surface area contributed by atoms with E-state index in [2.05, 4.69) is 0 Å². The third-order valence-corrected chi connectivity index (χ3v) is 2.30. The van der Waals surface area contributed by atoms with E-state index < -0.39 is 12.1 Å². The minimum atomic E-state index is -1.01. The molecule has 4 nitrogen and oxygen atoms in total. The topological polar surface area (TPSA) is 59.7 Å². The monoisotopic (exact) mass is 232 g/mol. The van der Waals surface area contributed by atoms with Gasteiger partial charge in [-0.3, -0.25) is 0 Å². The molecule has 88 valence electrons. The van der Waals surface area contributed by atoms with Crippen molar-refractivity contribution in [2.45, 2.75) is 12.7 Å². The quantitative estimate of drug-likeness (QED) is 0.860. The Kier molecular flexibility index (Phi) is 3.57. The number of rotatable bonds is 5. The van der Waals surface area contributed by atoms with Crippen molar-refractivity contribution >= 4 is 5.97 Å². The third-order valence-electron chi connectivity index (χ3n) is 2.30. The Hall–Kier alpha value is -2.07. The van der Waals surface area contributed by atoms with E-state index in [4.69, 9.17) is 14.3 Å². The van der Waals surface area contributed by atoms with Crippen LogP contribution in [0.1, 0.15) is 17.4 Å². The molecule has 0 saturated heterocycles. The van der Waals surface area contributed by atoms with E-state index in [1.165, 1.54) is 6.26 Å². The molecule has 0 aliphatic rings. The lowest BCUT2D eigenvalue weighted by molar-refractivity contribution is -0.152. The van der Waals surface area contributed by atoms with E-state index in [9.17, 15) is 4.79 Å². The summed E-state index contributed by atoms with van der Waals surface area (Å²) in [5, 5.41) is 9.10. The third kappa shape index (κ3) is 2.95. The molecule has 17 heavy (non-hydrogen) atoms. The van der Waals surface area contributed by atoms with E-state index in [-0.39, 0.29) is 6.61 Å². The van der Waals surface area contributed by atoms with E-state index in [1.54, 1.807) is 36.4 Å². The molecule has 1 unspecified atom stereocenters. The predicted octanol–water partition coefficient (Wildman–Crippen LogP) is 2.62. The number of aliphatic carboxylic acids is 1. The second kappa shape index (κ2) is 5.32. The van der Waals surface area contributed by atoms with E-state index in [0.29, 0.717) is 11.3 Å². The lowest BCUT2D eigenvalue weighted by Crippen LogP contribution is -2.15. The van der Waals surface area contributed by atoms with Gasteiger partial charge in [0.25, 0.3) is 0 Å². The molecular weight excluding hydrogens is 220 g/mol. The molecule has 1 heterocycles. The highest BCUT2D eigenvalue weighted by Gasteiger charge is 2.20. The van der Waals surface area contributed by atoms with Crippen LogP contribution >= 0.6 is 0 Å². The second-order valence-electron chi connectivity index (χ2n) is 3.52. The van der Waals surface area contributed by atoms with Gasteiger partial charge in [-0.25, -0.2) is 4.79 Å². The fourth-order valence-electron chi connectivity index (χ4n) is 1.50. The van der Waals surface area contributed by atoms with Gasteiger partial charge in [-0.05, 0) is 17.7 Å². The highest BCUT2D eigenvalue weighted by Crippen LogP contribution is 2.19. The van der Waals surface area contributed by atoms with Crippen LogP contribution in [0.15, 0.2) is 53.1 Å². The van der Waals surface area contributed by atoms with Crippen molar-refractivity contribution in [3.63, 3.8) is 0 Å². The Morgan fingerprint density at radius 1 is 1.24 bits per heavy atom. The van der Waals surface area contributed by atoms with Crippen molar-refractivity contribution in [1.82, 2.24) is 0 Å². The smallest absolute Gasteiger partial charge is 0.337 e. The molecule has 1 atom stereocenters. The molecule has 4 heteroatoms. The van der Waals surface area contributed by atoms with Crippen molar-refractivity contribution in [3.8, 4) is 0 Å². The van der Waals surface area contributed by atoms with Gasteiger partial charge in [-0.15, -0.1) is 0 Å². The van der Waals surface area contributed by atoms with Gasteiger partial charge in [-0.2, -0.15) is 0 Å². The van der Waals surface area contributed by atoms with Crippen LogP contribution in [0.25, 0.3) is 0 Å². The van der Waals surface area contributed by atoms with Gasteiger partial charge in [-0.1, -0.05) is 30.3 Å². The summed E-state index contributed by atoms with van der Waals surface area (Å²) in [5.41, 5.74) is 0.617. The van der Waals surface area contributed by atoms with Crippen molar-refractivity contribution in [3.05, 3.63) is 60.1 Å². The summed E-state index contributed by atoms with van der Waals surface area (Å²) in [5.74, 6) is -0.407. The summed E-state index contributed by atoms with van der Waals surface area (Å²) in [4.78, 5) is 11.1. The van der Waals surface area contributed by atoms with Crippen LogP contribution in [-0.4, -0.2) is 11.1 Å². The van der Waals surface area contributed by atoms with Crippen LogP contribution in [0.4, 0.5) is 0 Å². The number of hydrogen-bond acceptors (Lipinski definition) is 3. The SMILES string of the molecule is O=C(O)C(OCc1ccco1)c1ccccc1. The average molecular weight is 232 g/mol. The lowest BCUT2D eigenvalue weighted by Gasteiger charge is -2.12. The normalized spacial score (nSPS) is 12.2. The largest absolute Gasteiger partial charge is 0.479 e. The molecule has 2 aromatic rings. The molecular formula is C13H12O4. The van der Waals surface area contributed by atoms with Gasteiger partial charge < -0.3 is 14.3 Å². The Morgan fingerprint density at radius 3 is 2.59 bits per heavy atom. The van der Waals surface area contributed by atoms with Crippen molar-refractivity contribution in [1.29, 1.82) is 0 Å². The Bertz CT molecular complexity index is 461. The fraction of sp³-hybridized carbons (Fsp3) is 0.154. The van der Waals surface area contributed by atoms with Gasteiger partial charge >= 0.3 is 5.97 Å². The summed E-state index contributed by atoms with van der Waals surface area (Å²) >= 11 is 0. The molecule has 0 aliphatic heterocycles. The fourth-order valence-corrected chi connectivity index (χ4v) is 1.50. The summed E-state index contributed by atoms with van der Waals surface area (Å²) < 4.78 is 10.4. The molecule has 0 radical (unpaired) electrons. The highest BCUT2D eigenvalue weighted by atomic mass is 16.5. The Balaban J connectivity index is 2.06. The van der Waals surface area contributed by atoms with Crippen LogP contribution in [-0.2, 0) is 16.1 Å². The van der Waals surface area contributed by atoms with E-state index in [0.717, 1.165) is 0 Å². The zero-order valence-corrected chi connectivity index (χ0v) is 9.08. The van der Waals surface area contributed by atoms with Crippen LogP contribution in [0.2, 0.25) is 0 Å². The minimum Gasteiger partial charge on any atom is -0.479 e. The maximum atomic E-state index is 11.1. The highest BCUT2D eigenvalue weighted by molar-refractivity contribution is 5.74. The predicted molar refractivity (Wildman–Crippen MR) is 60.3 cm³/mol. The van der Waals surface area contributed by atoms with Gasteiger partial charge in [0.05, 0.1) is 6.26 Å². The lowest BCUT2D eigenvalue weighted by atomic mass is 10.1. The molecule has 0 amide bonds. The average Bonchev–Trinajstić information content (AvgIpc) is 2.83. The maximum Gasteiger partial charge on any atom is 0.337 e. The summed E-state index contributed by atoms with van der Waals surface area (Å²) in [7, 11) is 0. The summed E-state index contributed by atoms with van der Waals surface area (Å²) in [6.45, 7) is 0.138. The van der Waals surface area contributed by atoms with Crippen LogP contribution < -0.4 is 0 Å². The molecule has 1 aromatic heterocycles. The molecule has 0 spiro atoms. The Morgan fingerprint density at radius 2 is 2.00 bits per heavy atom. The van der Waals surface area contributed by atoms with E-state index >= 15 is 0 Å². The molecule has 0 fully saturated rings. The van der Waals surface area contributed by atoms with Crippen molar-refractivity contribution in [2.24, 2.45) is 0 Å². The summed E-state index contributed by atoms with van der Waals surface area (Å²) in [6, 6.07) is 12.3. The van der Waals surface area contributed by atoms with Crippen LogP contribution in [0, 0.1) is 0 Å². The van der Waals surface area contributed by atoms with Crippen LogP contribution in [0.5, 0.6) is 0 Å². The number of hydrogen-bond donors (Lipinski definition) is 1. The van der Waals surface area contributed by atoms with Gasteiger partial charge in [0.2, 0.25) is 0 Å². The standard InChI is InChI=1S/C13H12O4/c14-13(15)12(10-5-2-1-3-6-10)17-9-11-7-4-8-16-11/h1-8,12H,9H2,(H,14,15). The number of furan rings is 1. The minimum absolute atomic E-state index is 0.138. The number of carboxylic acid groups (broad SMARTS) is 1. The first kappa shape index (κ1) is 11.4. The van der Waals surface area contributed by atoms with Gasteiger partial charge in [0.15, 0.2) is 6.10 Å². The zero-order valence-electron chi connectivity index (χ0n) is 9.08. The molecule has 1 aromatic carbocycles. The number of carbonyl (C=O) groups is 1. The maximum absolute atomic E-state index is 11.1. The first-order valence-corrected chi connectivity index (χ1v) is 5.19. The zero-order chi connectivity index (χ0) is 12.1. The molecule has 2 rings (SSSR count). The van der Waals surface area contributed by atoms with Crippen molar-refractivity contribution in [2.75, 3.05) is 0 Å². The summed E-state index contributed by atoms with van der Waals surface area (Å²) in [6.07, 6.45) is 0.554. The number of benzene rings is 1. The van der Waals surface area contributed by atoms with Crippen LogP contribution in [0.3, 0.4) is 0 Å². The van der Waals surface area contributed by atoms with Gasteiger partial charge in [0, 0.05) is 0 Å². The molecule has 0 bridgehead atoms. The van der Waals surface area contributed by atoms with E-state index in [1.807, 2.05) is 6.07 Å². The van der Waals surface area contributed by atoms with Crippen molar-refractivity contribution < 1.29 is 19.1 Å². The first-order valence-electron chi connectivity index (χ1n) is 5.19. The first-order chi connectivity index (χ1) is 8.27. The van der Waals surface area contributed by atoms with Gasteiger partial charge in [0.1, 0.15) is 12.4 Å². The second-order valence-corrected chi connectivity index (χ2v) is 3.52. The molecule has 1 N–H and O–H groups in total. The Labute approximate surface area is 98.4 Å². The number of carboxylic acids is 1. The number of ether oxygens (including phenoxy) is 1. The molecule has 0 aliphatic carbocycles.